The normalized spacial score (nSPS) is 11.1. The van der Waals surface area contributed by atoms with Crippen LogP contribution in [0.1, 0.15) is 19.3 Å². The molecule has 0 saturated carbocycles. The number of ether oxygens (including phenoxy) is 2. The Kier molecular flexibility index (Phi) is 8.32. The van der Waals surface area contributed by atoms with E-state index in [1.807, 2.05) is 6.07 Å². The van der Waals surface area contributed by atoms with E-state index >= 15 is 0 Å². The number of para-hydroxylation sites is 2. The monoisotopic (exact) mass is 386 g/mol. The average Bonchev–Trinajstić information content (AvgIpc) is 2.68. The molecule has 0 bridgehead atoms. The van der Waals surface area contributed by atoms with E-state index in [9.17, 15) is 19.5 Å². The van der Waals surface area contributed by atoms with Gasteiger partial charge >= 0.3 is 18.2 Å². The molecule has 2 amide bonds. The van der Waals surface area contributed by atoms with Gasteiger partial charge in [0.15, 0.2) is 0 Å². The molecule has 2 aromatic rings. The molecule has 0 spiro atoms. The molecule has 0 fully saturated rings. The molecule has 0 aliphatic carbocycles. The molecule has 8 heteroatoms. The van der Waals surface area contributed by atoms with Crippen LogP contribution >= 0.6 is 0 Å². The zero-order chi connectivity index (χ0) is 20.2. The van der Waals surface area contributed by atoms with E-state index in [0.717, 1.165) is 0 Å². The van der Waals surface area contributed by atoms with Crippen molar-refractivity contribution < 1.29 is 29.0 Å². The smallest absolute Gasteiger partial charge is 0.413 e. The zero-order valence-electron chi connectivity index (χ0n) is 15.2. The lowest BCUT2D eigenvalue weighted by atomic mass is 10.1. The lowest BCUT2D eigenvalue weighted by molar-refractivity contribution is -0.139. The van der Waals surface area contributed by atoms with Crippen LogP contribution in [0.2, 0.25) is 0 Å². The minimum Gasteiger partial charge on any atom is -0.480 e. The van der Waals surface area contributed by atoms with Crippen molar-refractivity contribution in [2.75, 3.05) is 6.54 Å². The van der Waals surface area contributed by atoms with Crippen LogP contribution in [0.25, 0.3) is 0 Å². The number of carbonyl (C=O) groups is 3. The molecule has 0 aromatic heterocycles. The van der Waals surface area contributed by atoms with Crippen LogP contribution in [-0.4, -0.2) is 35.8 Å². The number of unbranched alkanes of at least 4 members (excludes halogenated alkanes) is 1. The largest absolute Gasteiger partial charge is 0.480 e. The minimum atomic E-state index is -1.15. The second kappa shape index (κ2) is 11.2. The standard InChI is InChI=1S/C20H22N2O6/c23-18(24)17(22-20(26)28-16-11-5-2-6-12-16)13-7-8-14-21-19(25)27-15-9-3-1-4-10-15/h1-6,9-12,17H,7-8,13-14H2,(H,21,25)(H,22,26)(H,23,24)/t17-/m0/s1. The molecule has 0 aliphatic rings. The average molecular weight is 386 g/mol. The molecule has 0 aliphatic heterocycles. The Bertz CT molecular complexity index is 767. The quantitative estimate of drug-likeness (QED) is 0.570. The molecular weight excluding hydrogens is 364 g/mol. The fourth-order valence-electron chi connectivity index (χ4n) is 2.32. The van der Waals surface area contributed by atoms with E-state index in [-0.39, 0.29) is 6.42 Å². The molecule has 0 saturated heterocycles. The number of nitrogens with one attached hydrogen (secondary N) is 2. The number of carbonyl (C=O) groups excluding carboxylic acids is 2. The van der Waals surface area contributed by atoms with Crippen molar-refractivity contribution in [2.24, 2.45) is 0 Å². The van der Waals surface area contributed by atoms with E-state index in [0.29, 0.717) is 30.9 Å². The van der Waals surface area contributed by atoms with Gasteiger partial charge in [0, 0.05) is 6.54 Å². The number of rotatable bonds is 9. The van der Waals surface area contributed by atoms with Crippen LogP contribution in [0.5, 0.6) is 11.5 Å². The number of aliphatic carboxylic acids is 1. The van der Waals surface area contributed by atoms with Gasteiger partial charge in [-0.15, -0.1) is 0 Å². The summed E-state index contributed by atoms with van der Waals surface area (Å²) in [5.41, 5.74) is 0. The lowest BCUT2D eigenvalue weighted by Crippen LogP contribution is -2.42. The van der Waals surface area contributed by atoms with E-state index in [2.05, 4.69) is 10.6 Å². The predicted octanol–water partition coefficient (Wildman–Crippen LogP) is 3.19. The van der Waals surface area contributed by atoms with Crippen molar-refractivity contribution in [3.8, 4) is 11.5 Å². The third kappa shape index (κ3) is 7.77. The fraction of sp³-hybridized carbons (Fsp3) is 0.250. The summed E-state index contributed by atoms with van der Waals surface area (Å²) in [5, 5.41) is 14.1. The van der Waals surface area contributed by atoms with Crippen molar-refractivity contribution in [3.05, 3.63) is 60.7 Å². The van der Waals surface area contributed by atoms with Crippen molar-refractivity contribution in [3.63, 3.8) is 0 Å². The third-order valence-electron chi connectivity index (χ3n) is 3.69. The minimum absolute atomic E-state index is 0.203. The summed E-state index contributed by atoms with van der Waals surface area (Å²) in [5.74, 6) is -0.390. The molecule has 2 aromatic carbocycles. The first-order chi connectivity index (χ1) is 13.5. The summed E-state index contributed by atoms with van der Waals surface area (Å²) in [6.07, 6.45) is -0.194. The Morgan fingerprint density at radius 1 is 0.821 bits per heavy atom. The van der Waals surface area contributed by atoms with Crippen molar-refractivity contribution >= 4 is 18.2 Å². The van der Waals surface area contributed by atoms with Gasteiger partial charge < -0.3 is 25.2 Å². The summed E-state index contributed by atoms with van der Waals surface area (Å²) in [7, 11) is 0. The van der Waals surface area contributed by atoms with Gasteiger partial charge in [0.1, 0.15) is 17.5 Å². The van der Waals surface area contributed by atoms with Gasteiger partial charge in [-0.2, -0.15) is 0 Å². The van der Waals surface area contributed by atoms with Crippen LogP contribution < -0.4 is 20.1 Å². The number of hydrogen-bond donors (Lipinski definition) is 3. The molecule has 28 heavy (non-hydrogen) atoms. The fourth-order valence-corrected chi connectivity index (χ4v) is 2.32. The van der Waals surface area contributed by atoms with Crippen LogP contribution in [0.15, 0.2) is 60.7 Å². The lowest BCUT2D eigenvalue weighted by Gasteiger charge is -2.14. The molecule has 1 atom stereocenters. The molecule has 0 radical (unpaired) electrons. The van der Waals surface area contributed by atoms with Crippen molar-refractivity contribution in [2.45, 2.75) is 25.3 Å². The molecule has 2 rings (SSSR count). The Balaban J connectivity index is 1.65. The Labute approximate surface area is 162 Å². The molecular formula is C20H22N2O6. The van der Waals surface area contributed by atoms with Crippen LogP contribution in [-0.2, 0) is 4.79 Å². The number of amides is 2. The summed E-state index contributed by atoms with van der Waals surface area (Å²) in [6.45, 7) is 0.326. The van der Waals surface area contributed by atoms with Gasteiger partial charge in [-0.3, -0.25) is 0 Å². The Morgan fingerprint density at radius 3 is 1.89 bits per heavy atom. The first kappa shape index (κ1) is 20.8. The van der Waals surface area contributed by atoms with Crippen molar-refractivity contribution in [1.29, 1.82) is 0 Å². The van der Waals surface area contributed by atoms with Gasteiger partial charge in [0.05, 0.1) is 0 Å². The van der Waals surface area contributed by atoms with Gasteiger partial charge in [0.2, 0.25) is 0 Å². The molecule has 8 nitrogen and oxygen atoms in total. The maximum absolute atomic E-state index is 11.8. The first-order valence-corrected chi connectivity index (χ1v) is 8.81. The molecule has 148 valence electrons. The van der Waals surface area contributed by atoms with E-state index in [1.165, 1.54) is 0 Å². The van der Waals surface area contributed by atoms with Gasteiger partial charge in [-0.25, -0.2) is 14.4 Å². The van der Waals surface area contributed by atoms with Crippen molar-refractivity contribution in [1.82, 2.24) is 10.6 Å². The number of carboxylic acids is 1. The Hall–Kier alpha value is -3.55. The van der Waals surface area contributed by atoms with Gasteiger partial charge in [-0.1, -0.05) is 36.4 Å². The SMILES string of the molecule is O=C(NCCCC[C@H](NC(=O)Oc1ccccc1)C(=O)O)Oc1ccccc1. The maximum atomic E-state index is 11.8. The van der Waals surface area contributed by atoms with Crippen LogP contribution in [0.4, 0.5) is 9.59 Å². The Morgan fingerprint density at radius 2 is 1.36 bits per heavy atom. The van der Waals surface area contributed by atoms with Gasteiger partial charge in [-0.05, 0) is 43.5 Å². The predicted molar refractivity (Wildman–Crippen MR) is 101 cm³/mol. The molecule has 0 unspecified atom stereocenters. The van der Waals surface area contributed by atoms with Crippen LogP contribution in [0.3, 0.4) is 0 Å². The highest BCUT2D eigenvalue weighted by atomic mass is 16.6. The highest BCUT2D eigenvalue weighted by molar-refractivity contribution is 5.80. The molecule has 3 N–H and O–H groups in total. The number of hydrogen-bond acceptors (Lipinski definition) is 5. The topological polar surface area (TPSA) is 114 Å². The number of carboxylic acid groups (broad SMARTS) is 1. The summed E-state index contributed by atoms with van der Waals surface area (Å²) < 4.78 is 10.1. The maximum Gasteiger partial charge on any atom is 0.413 e. The molecule has 0 heterocycles. The highest BCUT2D eigenvalue weighted by Gasteiger charge is 2.20. The second-order valence-corrected chi connectivity index (χ2v) is 5.86. The number of benzene rings is 2. The summed E-state index contributed by atoms with van der Waals surface area (Å²) in [4.78, 5) is 34.7. The van der Waals surface area contributed by atoms with Gasteiger partial charge in [0.25, 0.3) is 0 Å². The third-order valence-corrected chi connectivity index (χ3v) is 3.69. The first-order valence-electron chi connectivity index (χ1n) is 8.81. The van der Waals surface area contributed by atoms with E-state index < -0.39 is 24.2 Å². The zero-order valence-corrected chi connectivity index (χ0v) is 15.2. The highest BCUT2D eigenvalue weighted by Crippen LogP contribution is 2.10. The second-order valence-electron chi connectivity index (χ2n) is 5.86. The summed E-state index contributed by atoms with van der Waals surface area (Å²) >= 11 is 0. The van der Waals surface area contributed by atoms with E-state index in [1.54, 1.807) is 54.6 Å². The van der Waals surface area contributed by atoms with E-state index in [4.69, 9.17) is 9.47 Å². The summed E-state index contributed by atoms with van der Waals surface area (Å²) in [6, 6.07) is 15.9. The van der Waals surface area contributed by atoms with Crippen LogP contribution in [0, 0.1) is 0 Å².